The number of aliphatic hydroxyl groups is 2. The molecule has 0 aromatic rings. The minimum absolute atomic E-state index is 0.0111. The number of allylic oxidation sites excluding steroid dienone is 4. The molecule has 8 atom stereocenters. The summed E-state index contributed by atoms with van der Waals surface area (Å²) in [6, 6.07) is 0. The number of Topliss-reactive ketones (excluding diaryl/α,β-unsaturated/α-hetero) is 1. The highest BCUT2D eigenvalue weighted by atomic mass is 19.1. The summed E-state index contributed by atoms with van der Waals surface area (Å²) < 4.78 is 29.9. The third-order valence-electron chi connectivity index (χ3n) is 9.96. The van der Waals surface area contributed by atoms with Gasteiger partial charge in [0, 0.05) is 16.7 Å². The van der Waals surface area contributed by atoms with Gasteiger partial charge in [-0.15, -0.1) is 0 Å². The molecule has 6 nitrogen and oxygen atoms in total. The molecule has 0 radical (unpaired) electrons. The fraction of sp³-hybridized carbons (Fsp3) is 0.760. The van der Waals surface area contributed by atoms with Gasteiger partial charge in [-0.25, -0.2) is 4.39 Å². The average molecular weight is 449 g/mol. The van der Waals surface area contributed by atoms with Crippen LogP contribution in [0.2, 0.25) is 0 Å². The molecule has 176 valence electrons. The van der Waals surface area contributed by atoms with Crippen LogP contribution < -0.4 is 0 Å². The Morgan fingerprint density at radius 3 is 2.56 bits per heavy atom. The predicted octanol–water partition coefficient (Wildman–Crippen LogP) is 2.81. The first-order chi connectivity index (χ1) is 14.7. The molecule has 0 aromatic carbocycles. The second-order valence-corrected chi connectivity index (χ2v) is 11.6. The van der Waals surface area contributed by atoms with E-state index in [4.69, 9.17) is 9.47 Å². The maximum absolute atomic E-state index is 17.4. The summed E-state index contributed by atoms with van der Waals surface area (Å²) >= 11 is 0. The van der Waals surface area contributed by atoms with Crippen LogP contribution >= 0.6 is 0 Å². The van der Waals surface area contributed by atoms with Gasteiger partial charge in [0.05, 0.1) is 12.2 Å². The molecule has 5 aliphatic rings. The maximum atomic E-state index is 17.4. The van der Waals surface area contributed by atoms with Crippen molar-refractivity contribution in [2.45, 2.75) is 89.6 Å². The highest BCUT2D eigenvalue weighted by Crippen LogP contribution is 2.77. The molecule has 7 heteroatoms. The van der Waals surface area contributed by atoms with E-state index in [1.807, 2.05) is 13.8 Å². The van der Waals surface area contributed by atoms with Crippen molar-refractivity contribution in [2.75, 3.05) is 6.61 Å². The van der Waals surface area contributed by atoms with E-state index < -0.39 is 63.8 Å². The van der Waals surface area contributed by atoms with Gasteiger partial charge in [0.2, 0.25) is 0 Å². The number of rotatable bonds is 2. The van der Waals surface area contributed by atoms with Crippen molar-refractivity contribution in [3.8, 4) is 0 Å². The minimum atomic E-state index is -2.01. The van der Waals surface area contributed by atoms with Crippen LogP contribution in [0.15, 0.2) is 23.8 Å². The quantitative estimate of drug-likeness (QED) is 0.675. The molecular formula is C25H33FO6. The van der Waals surface area contributed by atoms with E-state index in [1.165, 1.54) is 12.2 Å². The maximum Gasteiger partial charge on any atom is 0.193 e. The van der Waals surface area contributed by atoms with Gasteiger partial charge in [0.1, 0.15) is 6.61 Å². The number of ketones is 2. The summed E-state index contributed by atoms with van der Waals surface area (Å²) in [7, 11) is 0. The Morgan fingerprint density at radius 2 is 1.91 bits per heavy atom. The Kier molecular flexibility index (Phi) is 4.32. The fourth-order valence-corrected chi connectivity index (χ4v) is 8.36. The molecule has 1 aliphatic heterocycles. The van der Waals surface area contributed by atoms with Crippen LogP contribution in [-0.4, -0.2) is 57.7 Å². The van der Waals surface area contributed by atoms with Crippen molar-refractivity contribution >= 4 is 11.6 Å². The Labute approximate surface area is 187 Å². The molecular weight excluding hydrogens is 415 g/mol. The van der Waals surface area contributed by atoms with Gasteiger partial charge in [-0.1, -0.05) is 25.5 Å². The van der Waals surface area contributed by atoms with E-state index >= 15 is 4.39 Å². The lowest BCUT2D eigenvalue weighted by molar-refractivity contribution is -0.271. The lowest BCUT2D eigenvalue weighted by Crippen LogP contribution is -2.72. The van der Waals surface area contributed by atoms with Crippen molar-refractivity contribution in [3.05, 3.63) is 23.8 Å². The molecule has 1 heterocycles. The van der Waals surface area contributed by atoms with Crippen LogP contribution in [0, 0.1) is 22.2 Å². The van der Waals surface area contributed by atoms with Gasteiger partial charge in [0.25, 0.3) is 0 Å². The number of hydrogen-bond acceptors (Lipinski definition) is 6. The summed E-state index contributed by atoms with van der Waals surface area (Å²) in [5.41, 5.74) is -5.57. The molecule has 4 aliphatic carbocycles. The van der Waals surface area contributed by atoms with Crippen LogP contribution in [0.3, 0.4) is 0 Å². The summed E-state index contributed by atoms with van der Waals surface area (Å²) in [6.45, 7) is 8.40. The molecule has 5 rings (SSSR count). The van der Waals surface area contributed by atoms with Gasteiger partial charge in [-0.05, 0) is 64.0 Å². The van der Waals surface area contributed by atoms with E-state index in [0.717, 1.165) is 0 Å². The molecule has 3 saturated carbocycles. The number of carbonyl (C=O) groups is 2. The molecule has 0 bridgehead atoms. The highest BCUT2D eigenvalue weighted by Gasteiger charge is 2.83. The van der Waals surface area contributed by atoms with Crippen molar-refractivity contribution in [3.63, 3.8) is 0 Å². The zero-order chi connectivity index (χ0) is 23.5. The standard InChI is InChI=1S/C25H33FO6/c1-20(2)31-19-12-22(4)16-7-6-14-10-15(28)8-9-21(14,3)24(16,26)17(29)11-23(22,5)25(19,32-20)18(30)13-27/h8-10,16-17,19,27,29H,6-7,11-13H2,1-5H3/t16-,17-,19+,21-,22-,23-,24-,25+/m0/s1. The molecule has 0 unspecified atom stereocenters. The van der Waals surface area contributed by atoms with Gasteiger partial charge >= 0.3 is 0 Å². The van der Waals surface area contributed by atoms with Crippen LogP contribution in [0.4, 0.5) is 4.39 Å². The minimum Gasteiger partial charge on any atom is -0.390 e. The number of hydrogen-bond donors (Lipinski definition) is 2. The normalized spacial score (nSPS) is 53.2. The van der Waals surface area contributed by atoms with Gasteiger partial charge in [-0.3, -0.25) is 9.59 Å². The van der Waals surface area contributed by atoms with Crippen LogP contribution in [-0.2, 0) is 19.1 Å². The van der Waals surface area contributed by atoms with Crippen LogP contribution in [0.25, 0.3) is 0 Å². The van der Waals surface area contributed by atoms with E-state index in [9.17, 15) is 19.8 Å². The lowest BCUT2D eigenvalue weighted by atomic mass is 9.40. The largest absolute Gasteiger partial charge is 0.390 e. The lowest BCUT2D eigenvalue weighted by Gasteiger charge is -2.66. The first-order valence-electron chi connectivity index (χ1n) is 11.6. The van der Waals surface area contributed by atoms with Gasteiger partial charge in [-0.2, -0.15) is 0 Å². The first-order valence-corrected chi connectivity index (χ1v) is 11.6. The van der Waals surface area contributed by atoms with E-state index in [2.05, 4.69) is 0 Å². The monoisotopic (exact) mass is 448 g/mol. The van der Waals surface area contributed by atoms with Crippen molar-refractivity contribution in [1.82, 2.24) is 0 Å². The number of fused-ring (bicyclic) bond motifs is 7. The molecule has 32 heavy (non-hydrogen) atoms. The molecule has 1 saturated heterocycles. The fourth-order valence-electron chi connectivity index (χ4n) is 8.36. The number of carbonyl (C=O) groups excluding carboxylic acids is 2. The second kappa shape index (κ2) is 6.17. The summed E-state index contributed by atoms with van der Waals surface area (Å²) in [5.74, 6) is -2.26. The smallest absolute Gasteiger partial charge is 0.193 e. The average Bonchev–Trinajstić information content (AvgIpc) is 3.07. The predicted molar refractivity (Wildman–Crippen MR) is 113 cm³/mol. The summed E-state index contributed by atoms with van der Waals surface area (Å²) in [4.78, 5) is 25.3. The van der Waals surface area contributed by atoms with E-state index in [1.54, 1.807) is 26.8 Å². The van der Waals surface area contributed by atoms with Crippen LogP contribution in [0.1, 0.15) is 60.3 Å². The van der Waals surface area contributed by atoms with Crippen molar-refractivity contribution in [1.29, 1.82) is 0 Å². The van der Waals surface area contributed by atoms with Crippen molar-refractivity contribution in [2.24, 2.45) is 22.2 Å². The number of aliphatic hydroxyl groups excluding tert-OH is 2. The first kappa shape index (κ1) is 22.4. The third-order valence-corrected chi connectivity index (χ3v) is 9.96. The SMILES string of the molecule is CC1(C)O[C@@H]2C[C@@]3(C)[C@@H]4CCC5=CC(=O)C=C[C@]5(C)[C@@]4(F)[C@@H](O)C[C@]3(C)[C@]2(C(=O)CO)O1. The second-order valence-electron chi connectivity index (χ2n) is 11.6. The Morgan fingerprint density at radius 1 is 1.22 bits per heavy atom. The molecule has 2 N–H and O–H groups in total. The number of halogens is 1. The number of ether oxygens (including phenoxy) is 2. The van der Waals surface area contributed by atoms with Crippen molar-refractivity contribution < 1.29 is 33.7 Å². The molecule has 0 aromatic heterocycles. The van der Waals surface area contributed by atoms with Gasteiger partial charge in [0.15, 0.2) is 28.6 Å². The van der Waals surface area contributed by atoms with E-state index in [-0.39, 0.29) is 12.2 Å². The van der Waals surface area contributed by atoms with Gasteiger partial charge < -0.3 is 19.7 Å². The molecule has 4 fully saturated rings. The third kappa shape index (κ3) is 2.19. The summed E-state index contributed by atoms with van der Waals surface area (Å²) in [6.07, 6.45) is 3.86. The Bertz CT molecular complexity index is 971. The molecule has 0 amide bonds. The number of alkyl halides is 1. The summed E-state index contributed by atoms with van der Waals surface area (Å²) in [5, 5.41) is 21.4. The zero-order valence-corrected chi connectivity index (χ0v) is 19.4. The zero-order valence-electron chi connectivity index (χ0n) is 19.4. The Hall–Kier alpha value is -1.41. The highest BCUT2D eigenvalue weighted by molar-refractivity contribution is 6.01. The molecule has 0 spiro atoms. The van der Waals surface area contributed by atoms with Crippen LogP contribution in [0.5, 0.6) is 0 Å². The topological polar surface area (TPSA) is 93.1 Å². The Balaban J connectivity index is 1.69. The van der Waals surface area contributed by atoms with E-state index in [0.29, 0.717) is 24.8 Å².